The minimum atomic E-state index is -4.11. The highest BCUT2D eigenvalue weighted by molar-refractivity contribution is 7.98. The average Bonchev–Trinajstić information content (AvgIpc) is 3.34. The molecule has 4 rings (SSSR count). The Bertz CT molecular complexity index is 1430. The first-order valence-corrected chi connectivity index (χ1v) is 15.0. The zero-order valence-electron chi connectivity index (χ0n) is 21.5. The number of aryl methyl sites for hydroxylation is 1. The molecule has 1 aliphatic rings. The maximum absolute atomic E-state index is 14.0. The third kappa shape index (κ3) is 5.99. The van der Waals surface area contributed by atoms with Gasteiger partial charge in [0.15, 0.2) is 4.90 Å². The van der Waals surface area contributed by atoms with Crippen molar-refractivity contribution in [2.75, 3.05) is 23.7 Å². The second kappa shape index (κ2) is 12.0. The number of aliphatic carboxylic acids is 1. The summed E-state index contributed by atoms with van der Waals surface area (Å²) in [7, 11) is -4.11. The van der Waals surface area contributed by atoms with Gasteiger partial charge in [-0.05, 0) is 55.9 Å². The van der Waals surface area contributed by atoms with Gasteiger partial charge >= 0.3 is 5.97 Å². The summed E-state index contributed by atoms with van der Waals surface area (Å²) in [5.74, 6) is -0.561. The average molecular weight is 558 g/mol. The van der Waals surface area contributed by atoms with Crippen molar-refractivity contribution in [3.63, 3.8) is 0 Å². The Morgan fingerprint density at radius 2 is 2.03 bits per heavy atom. The Labute approximate surface area is 227 Å². The minimum absolute atomic E-state index is 0.0338. The standard InChI is InChI=1S/C27H31N3O6S2/c1-4-29-18-25(27(28-29)35-5-2)38(33,34)30-17-21(13-15-26(31)32)36-23-14-11-19(16-22(23)30)10-12-20-8-6-7-9-24(20)37-3/h6-12,14,16,18,21H,4-5,13,15,17H2,1-3H3,(H,31,32). The lowest BCUT2D eigenvalue weighted by Gasteiger charge is -2.35. The van der Waals surface area contributed by atoms with E-state index in [0.717, 1.165) is 16.0 Å². The van der Waals surface area contributed by atoms with E-state index >= 15 is 0 Å². The van der Waals surface area contributed by atoms with Gasteiger partial charge in [0.25, 0.3) is 15.9 Å². The van der Waals surface area contributed by atoms with Gasteiger partial charge in [-0.3, -0.25) is 13.8 Å². The van der Waals surface area contributed by atoms with Crippen molar-refractivity contribution < 1.29 is 27.8 Å². The largest absolute Gasteiger partial charge is 0.486 e. The highest BCUT2D eigenvalue weighted by atomic mass is 32.2. The number of rotatable bonds is 11. The van der Waals surface area contributed by atoms with Gasteiger partial charge in [-0.1, -0.05) is 36.4 Å². The lowest BCUT2D eigenvalue weighted by Crippen LogP contribution is -2.43. The van der Waals surface area contributed by atoms with Crippen LogP contribution in [0.25, 0.3) is 12.2 Å². The predicted molar refractivity (Wildman–Crippen MR) is 148 cm³/mol. The van der Waals surface area contributed by atoms with Crippen molar-refractivity contribution in [1.29, 1.82) is 0 Å². The molecule has 0 bridgehead atoms. The van der Waals surface area contributed by atoms with E-state index in [4.69, 9.17) is 9.47 Å². The summed E-state index contributed by atoms with van der Waals surface area (Å²) in [6, 6.07) is 13.4. The molecule has 0 radical (unpaired) electrons. The molecule has 0 amide bonds. The fourth-order valence-corrected chi connectivity index (χ4v) is 6.33. The van der Waals surface area contributed by atoms with E-state index in [2.05, 4.69) is 5.10 Å². The van der Waals surface area contributed by atoms with Crippen LogP contribution in [0, 0.1) is 0 Å². The van der Waals surface area contributed by atoms with E-state index < -0.39 is 22.1 Å². The molecule has 2 heterocycles. The number of hydrogen-bond donors (Lipinski definition) is 1. The number of sulfonamides is 1. The van der Waals surface area contributed by atoms with Crippen molar-refractivity contribution in [3.05, 3.63) is 59.8 Å². The summed E-state index contributed by atoms with van der Waals surface area (Å²) in [5, 5.41) is 13.4. The molecule has 0 fully saturated rings. The Hall–Kier alpha value is -3.44. The Morgan fingerprint density at radius 1 is 1.24 bits per heavy atom. The lowest BCUT2D eigenvalue weighted by molar-refractivity contribution is -0.137. The van der Waals surface area contributed by atoms with Gasteiger partial charge in [0.1, 0.15) is 11.9 Å². The first-order chi connectivity index (χ1) is 18.3. The van der Waals surface area contributed by atoms with Gasteiger partial charge < -0.3 is 14.6 Å². The molecule has 38 heavy (non-hydrogen) atoms. The zero-order valence-corrected chi connectivity index (χ0v) is 23.2. The van der Waals surface area contributed by atoms with Crippen molar-refractivity contribution >= 4 is 45.6 Å². The van der Waals surface area contributed by atoms with Gasteiger partial charge in [0.05, 0.1) is 18.8 Å². The monoisotopic (exact) mass is 557 g/mol. The second-order valence-electron chi connectivity index (χ2n) is 8.60. The quantitative estimate of drug-likeness (QED) is 0.259. The summed E-state index contributed by atoms with van der Waals surface area (Å²) in [4.78, 5) is 12.3. The van der Waals surface area contributed by atoms with Crippen LogP contribution < -0.4 is 13.8 Å². The predicted octanol–water partition coefficient (Wildman–Crippen LogP) is 5.02. The van der Waals surface area contributed by atoms with E-state index in [0.29, 0.717) is 18.0 Å². The number of nitrogens with zero attached hydrogens (tertiary/aromatic N) is 3. The van der Waals surface area contributed by atoms with Gasteiger partial charge in [-0.2, -0.15) is 0 Å². The molecule has 3 aromatic rings. The van der Waals surface area contributed by atoms with Gasteiger partial charge in [-0.25, -0.2) is 8.42 Å². The number of carboxylic acids is 1. The van der Waals surface area contributed by atoms with E-state index in [1.54, 1.807) is 30.8 Å². The van der Waals surface area contributed by atoms with Crippen LogP contribution in [0.4, 0.5) is 5.69 Å². The molecule has 1 unspecified atom stereocenters. The number of benzene rings is 2. The van der Waals surface area contributed by atoms with Gasteiger partial charge in [0, 0.05) is 24.1 Å². The maximum atomic E-state index is 14.0. The van der Waals surface area contributed by atoms with Crippen LogP contribution >= 0.6 is 11.8 Å². The SMILES string of the molecule is CCOc1nn(CC)cc1S(=O)(=O)N1CC(CCC(=O)O)Oc2ccc(C=Cc3ccccc3SC)cc21. The summed E-state index contributed by atoms with van der Waals surface area (Å²) < 4.78 is 42.5. The van der Waals surface area contributed by atoms with Crippen LogP contribution in [0.1, 0.15) is 37.8 Å². The highest BCUT2D eigenvalue weighted by Crippen LogP contribution is 2.40. The smallest absolute Gasteiger partial charge is 0.303 e. The van der Waals surface area contributed by atoms with Crippen LogP contribution in [-0.4, -0.2) is 54.8 Å². The number of fused-ring (bicyclic) bond motifs is 1. The van der Waals surface area contributed by atoms with Crippen molar-refractivity contribution in [1.82, 2.24) is 9.78 Å². The maximum Gasteiger partial charge on any atom is 0.303 e. The molecule has 11 heteroatoms. The number of ether oxygens (including phenoxy) is 2. The van der Waals surface area contributed by atoms with Gasteiger partial charge in [-0.15, -0.1) is 16.9 Å². The fourth-order valence-electron chi connectivity index (χ4n) is 4.16. The van der Waals surface area contributed by atoms with Crippen molar-refractivity contribution in [3.8, 4) is 11.6 Å². The summed E-state index contributed by atoms with van der Waals surface area (Å²) in [5.41, 5.74) is 2.23. The number of carboxylic acid groups (broad SMARTS) is 1. The number of hydrogen-bond acceptors (Lipinski definition) is 7. The van der Waals surface area contributed by atoms with Crippen molar-refractivity contribution in [2.45, 2.75) is 49.1 Å². The number of aromatic nitrogens is 2. The summed E-state index contributed by atoms with van der Waals surface area (Å²) >= 11 is 1.65. The van der Waals surface area contributed by atoms with Crippen LogP contribution in [0.15, 0.2) is 58.5 Å². The first-order valence-electron chi connectivity index (χ1n) is 12.3. The third-order valence-corrected chi connectivity index (χ3v) is 8.63. The molecule has 1 atom stereocenters. The van der Waals surface area contributed by atoms with Crippen LogP contribution in [-0.2, 0) is 21.4 Å². The van der Waals surface area contributed by atoms with E-state index in [9.17, 15) is 18.3 Å². The van der Waals surface area contributed by atoms with E-state index in [1.165, 1.54) is 15.2 Å². The Morgan fingerprint density at radius 3 is 2.74 bits per heavy atom. The number of anilines is 1. The minimum Gasteiger partial charge on any atom is -0.486 e. The molecule has 0 saturated heterocycles. The fraction of sp³-hybridized carbons (Fsp3) is 0.333. The van der Waals surface area contributed by atoms with Gasteiger partial charge in [0.2, 0.25) is 0 Å². The van der Waals surface area contributed by atoms with Crippen LogP contribution in [0.5, 0.6) is 11.6 Å². The summed E-state index contributed by atoms with van der Waals surface area (Å²) in [6.45, 7) is 4.33. The normalized spacial score (nSPS) is 15.3. The molecule has 1 aliphatic heterocycles. The number of carbonyl (C=O) groups is 1. The Kier molecular flexibility index (Phi) is 8.68. The van der Waals surface area contributed by atoms with Crippen LogP contribution in [0.3, 0.4) is 0 Å². The molecule has 0 spiro atoms. The third-order valence-electron chi connectivity index (χ3n) is 6.06. The second-order valence-corrected chi connectivity index (χ2v) is 11.3. The van der Waals surface area contributed by atoms with E-state index in [-0.39, 0.29) is 36.8 Å². The zero-order chi connectivity index (χ0) is 27.3. The molecule has 1 N–H and O–H groups in total. The highest BCUT2D eigenvalue weighted by Gasteiger charge is 2.37. The molecule has 2 aromatic carbocycles. The molecule has 0 aliphatic carbocycles. The van der Waals surface area contributed by atoms with Crippen LogP contribution in [0.2, 0.25) is 0 Å². The van der Waals surface area contributed by atoms with E-state index in [1.807, 2.05) is 55.7 Å². The lowest BCUT2D eigenvalue weighted by atomic mass is 10.1. The molecule has 0 saturated carbocycles. The topological polar surface area (TPSA) is 111 Å². The Balaban J connectivity index is 1.76. The molecule has 9 nitrogen and oxygen atoms in total. The first kappa shape index (κ1) is 27.6. The molecular formula is C27H31N3O6S2. The number of thioether (sulfide) groups is 1. The molecule has 202 valence electrons. The molecular weight excluding hydrogens is 526 g/mol. The van der Waals surface area contributed by atoms with Crippen molar-refractivity contribution in [2.24, 2.45) is 0 Å². The summed E-state index contributed by atoms with van der Waals surface area (Å²) in [6.07, 6.45) is 6.80. The molecule has 1 aromatic heterocycles.